The normalized spacial score (nSPS) is 17.7. The molecule has 4 rings (SSSR count). The largest absolute Gasteiger partial charge is 0.507 e. The fourth-order valence-electron chi connectivity index (χ4n) is 3.69. The van der Waals surface area contributed by atoms with E-state index in [4.69, 9.17) is 9.15 Å². The summed E-state index contributed by atoms with van der Waals surface area (Å²) in [4.78, 5) is 27.3. The second-order valence-corrected chi connectivity index (χ2v) is 7.43. The number of aliphatic hydroxyl groups excluding tert-OH is 1. The van der Waals surface area contributed by atoms with E-state index in [0.29, 0.717) is 23.7 Å². The van der Waals surface area contributed by atoms with Gasteiger partial charge in [-0.2, -0.15) is 0 Å². The lowest BCUT2D eigenvalue weighted by atomic mass is 9.95. The minimum absolute atomic E-state index is 0.0521. The molecule has 0 bridgehead atoms. The first-order valence-corrected chi connectivity index (χ1v) is 10.3. The molecule has 1 N–H and O–H groups in total. The topological polar surface area (TPSA) is 80.0 Å². The highest BCUT2D eigenvalue weighted by molar-refractivity contribution is 6.46. The maximum absolute atomic E-state index is 13.4. The Morgan fingerprint density at radius 2 is 1.81 bits per heavy atom. The minimum atomic E-state index is -0.842. The number of carbonyl (C=O) groups excluding carboxylic acids is 2. The smallest absolute Gasteiger partial charge is 0.296 e. The highest BCUT2D eigenvalue weighted by Gasteiger charge is 2.46. The van der Waals surface area contributed by atoms with Gasteiger partial charge in [-0.25, -0.2) is 4.39 Å². The Hall–Kier alpha value is -3.87. The number of benzene rings is 2. The van der Waals surface area contributed by atoms with Crippen molar-refractivity contribution in [3.63, 3.8) is 0 Å². The summed E-state index contributed by atoms with van der Waals surface area (Å²) < 4.78 is 24.4. The van der Waals surface area contributed by atoms with E-state index < -0.39 is 23.5 Å². The Morgan fingerprint density at radius 1 is 1.09 bits per heavy atom. The lowest BCUT2D eigenvalue weighted by Gasteiger charge is -2.24. The number of nitrogens with zero attached hydrogens (tertiary/aromatic N) is 1. The molecule has 1 aliphatic heterocycles. The third kappa shape index (κ3) is 4.14. The lowest BCUT2D eigenvalue weighted by Crippen LogP contribution is -2.29. The average molecular weight is 435 g/mol. The number of ketones is 1. The van der Waals surface area contributed by atoms with Crippen LogP contribution in [0.5, 0.6) is 5.75 Å². The first-order valence-electron chi connectivity index (χ1n) is 10.3. The van der Waals surface area contributed by atoms with E-state index in [2.05, 4.69) is 0 Å². The molecule has 32 heavy (non-hydrogen) atoms. The summed E-state index contributed by atoms with van der Waals surface area (Å²) in [5.41, 5.74) is 0.814. The number of ether oxygens (including phenoxy) is 1. The van der Waals surface area contributed by atoms with Crippen molar-refractivity contribution in [2.45, 2.75) is 25.9 Å². The Kier molecular flexibility index (Phi) is 6.07. The molecule has 2 heterocycles. The van der Waals surface area contributed by atoms with Crippen LogP contribution in [0.1, 0.15) is 36.3 Å². The fourth-order valence-corrected chi connectivity index (χ4v) is 3.69. The van der Waals surface area contributed by atoms with Crippen molar-refractivity contribution in [2.75, 3.05) is 6.61 Å². The van der Waals surface area contributed by atoms with Crippen LogP contribution in [0, 0.1) is 5.82 Å². The SMILES string of the molecule is CCCOc1ccc(C2/C(=C(\O)c3ccc(F)cc3)C(=O)C(=O)N2Cc2ccco2)cc1. The van der Waals surface area contributed by atoms with Crippen molar-refractivity contribution < 1.29 is 28.2 Å². The summed E-state index contributed by atoms with van der Waals surface area (Å²) in [5.74, 6) is -1.23. The van der Waals surface area contributed by atoms with Crippen molar-refractivity contribution in [1.29, 1.82) is 0 Å². The maximum atomic E-state index is 13.4. The molecule has 6 nitrogen and oxygen atoms in total. The first kappa shape index (κ1) is 21.4. The summed E-state index contributed by atoms with van der Waals surface area (Å²) in [7, 11) is 0. The molecule has 1 amide bonds. The van der Waals surface area contributed by atoms with Crippen molar-refractivity contribution in [1.82, 2.24) is 4.90 Å². The van der Waals surface area contributed by atoms with Gasteiger partial charge >= 0.3 is 0 Å². The molecule has 1 atom stereocenters. The van der Waals surface area contributed by atoms with Crippen molar-refractivity contribution in [3.05, 3.63) is 95.2 Å². The number of halogens is 1. The van der Waals surface area contributed by atoms with Gasteiger partial charge in [-0.3, -0.25) is 9.59 Å². The van der Waals surface area contributed by atoms with Gasteiger partial charge in [0.15, 0.2) is 0 Å². The summed E-state index contributed by atoms with van der Waals surface area (Å²) in [6.07, 6.45) is 2.35. The van der Waals surface area contributed by atoms with Crippen molar-refractivity contribution in [2.24, 2.45) is 0 Å². The predicted octanol–water partition coefficient (Wildman–Crippen LogP) is 4.83. The molecule has 0 saturated carbocycles. The molecule has 0 aliphatic carbocycles. The molecule has 1 aliphatic rings. The molecule has 7 heteroatoms. The Morgan fingerprint density at radius 3 is 2.44 bits per heavy atom. The van der Waals surface area contributed by atoms with Crippen LogP contribution in [0.25, 0.3) is 5.76 Å². The predicted molar refractivity (Wildman–Crippen MR) is 115 cm³/mol. The van der Waals surface area contributed by atoms with E-state index in [9.17, 15) is 19.1 Å². The monoisotopic (exact) mass is 435 g/mol. The first-order chi connectivity index (χ1) is 15.5. The molecule has 0 radical (unpaired) electrons. The van der Waals surface area contributed by atoms with Crippen LogP contribution in [0.2, 0.25) is 0 Å². The second-order valence-electron chi connectivity index (χ2n) is 7.43. The van der Waals surface area contributed by atoms with Crippen LogP contribution in [0.4, 0.5) is 4.39 Å². The van der Waals surface area contributed by atoms with Gasteiger partial charge in [-0.15, -0.1) is 0 Å². The third-order valence-corrected chi connectivity index (χ3v) is 5.23. The molecular formula is C25H22FNO5. The van der Waals surface area contributed by atoms with E-state index in [1.165, 1.54) is 35.4 Å². The number of aliphatic hydroxyl groups is 1. The summed E-state index contributed by atoms with van der Waals surface area (Å²) in [5, 5.41) is 11.0. The van der Waals surface area contributed by atoms with Crippen molar-refractivity contribution >= 4 is 17.4 Å². The van der Waals surface area contributed by atoms with Crippen molar-refractivity contribution in [3.8, 4) is 5.75 Å². The van der Waals surface area contributed by atoms with E-state index in [0.717, 1.165) is 6.42 Å². The van der Waals surface area contributed by atoms with Gasteiger partial charge < -0.3 is 19.2 Å². The highest BCUT2D eigenvalue weighted by atomic mass is 19.1. The van der Waals surface area contributed by atoms with Crippen LogP contribution in [0.15, 0.2) is 76.9 Å². The zero-order valence-electron chi connectivity index (χ0n) is 17.5. The lowest BCUT2D eigenvalue weighted by molar-refractivity contribution is -0.140. The van der Waals surface area contributed by atoms with Gasteiger partial charge in [0.25, 0.3) is 11.7 Å². The van der Waals surface area contributed by atoms with E-state index in [1.807, 2.05) is 6.92 Å². The number of furan rings is 1. The third-order valence-electron chi connectivity index (χ3n) is 5.23. The number of hydrogen-bond acceptors (Lipinski definition) is 5. The number of amides is 1. The highest BCUT2D eigenvalue weighted by Crippen LogP contribution is 2.40. The minimum Gasteiger partial charge on any atom is -0.507 e. The van der Waals surface area contributed by atoms with E-state index in [-0.39, 0.29) is 23.4 Å². The molecule has 1 unspecified atom stereocenters. The second kappa shape index (κ2) is 9.09. The summed E-state index contributed by atoms with van der Waals surface area (Å²) >= 11 is 0. The van der Waals surface area contributed by atoms with Gasteiger partial charge in [0.05, 0.1) is 31.0 Å². The fraction of sp³-hybridized carbons (Fsp3) is 0.200. The van der Waals surface area contributed by atoms with Gasteiger partial charge in [0.2, 0.25) is 0 Å². The zero-order chi connectivity index (χ0) is 22.7. The van der Waals surface area contributed by atoms with Crippen LogP contribution in [-0.2, 0) is 16.1 Å². The molecule has 0 spiro atoms. The molecule has 1 saturated heterocycles. The van der Waals surface area contributed by atoms with Gasteiger partial charge in [0, 0.05) is 5.56 Å². The Balaban J connectivity index is 1.79. The summed E-state index contributed by atoms with van der Waals surface area (Å²) in [6.45, 7) is 2.63. The quantitative estimate of drug-likeness (QED) is 0.327. The molecular weight excluding hydrogens is 413 g/mol. The zero-order valence-corrected chi connectivity index (χ0v) is 17.5. The maximum Gasteiger partial charge on any atom is 0.296 e. The number of likely N-dealkylation sites (tertiary alicyclic amines) is 1. The van der Waals surface area contributed by atoms with Gasteiger partial charge in [-0.05, 0) is 60.5 Å². The van der Waals surface area contributed by atoms with Crippen LogP contribution in [0.3, 0.4) is 0 Å². The van der Waals surface area contributed by atoms with Gasteiger partial charge in [0.1, 0.15) is 23.1 Å². The molecule has 1 aromatic heterocycles. The number of hydrogen-bond donors (Lipinski definition) is 1. The van der Waals surface area contributed by atoms with E-state index >= 15 is 0 Å². The average Bonchev–Trinajstić information content (AvgIpc) is 3.40. The Labute approximate surface area is 184 Å². The summed E-state index contributed by atoms with van der Waals surface area (Å²) in [6, 6.07) is 14.7. The number of carbonyl (C=O) groups is 2. The van der Waals surface area contributed by atoms with Crippen LogP contribution in [-0.4, -0.2) is 28.3 Å². The van der Waals surface area contributed by atoms with Gasteiger partial charge in [-0.1, -0.05) is 19.1 Å². The number of Topliss-reactive ketones (excluding diaryl/α,β-unsaturated/α-hetero) is 1. The molecule has 3 aromatic rings. The molecule has 1 fully saturated rings. The Bertz CT molecular complexity index is 1130. The molecule has 164 valence electrons. The molecule has 2 aromatic carbocycles. The van der Waals surface area contributed by atoms with Crippen LogP contribution < -0.4 is 4.74 Å². The number of rotatable bonds is 7. The van der Waals surface area contributed by atoms with Crippen LogP contribution >= 0.6 is 0 Å². The van der Waals surface area contributed by atoms with E-state index in [1.54, 1.807) is 36.4 Å². The standard InChI is InChI=1S/C25H22FNO5/c1-2-13-31-19-11-7-16(8-12-19)22-21(23(28)17-5-9-18(26)10-6-17)24(29)25(30)27(22)15-20-4-3-14-32-20/h3-12,14,22,28H,2,13,15H2,1H3/b23-21+.